The van der Waals surface area contributed by atoms with Gasteiger partial charge in [0.05, 0.1) is 11.5 Å². The van der Waals surface area contributed by atoms with Gasteiger partial charge in [-0.05, 0) is 116 Å². The van der Waals surface area contributed by atoms with Crippen LogP contribution in [-0.4, -0.2) is 104 Å². The Kier molecular flexibility index (Phi) is 13.7. The summed E-state index contributed by atoms with van der Waals surface area (Å²) in [7, 11) is -4.22. The highest BCUT2D eigenvalue weighted by Crippen LogP contribution is 2.27. The van der Waals surface area contributed by atoms with Crippen LogP contribution >= 0.6 is 0 Å². The molecule has 53 heavy (non-hydrogen) atoms. The molecule has 3 heterocycles. The van der Waals surface area contributed by atoms with Gasteiger partial charge in [0.1, 0.15) is 23.3 Å². The molecule has 3 amide bonds. The number of alkyl carbamates (subject to hydrolysis) is 1. The number of likely N-dealkylation sites (tertiary alicyclic amines) is 1. The zero-order chi connectivity index (χ0) is 39.1. The van der Waals surface area contributed by atoms with E-state index >= 15 is 0 Å². The number of esters is 1. The third kappa shape index (κ3) is 12.3. The molecule has 0 aliphatic carbocycles. The van der Waals surface area contributed by atoms with E-state index in [-0.39, 0.29) is 42.9 Å². The summed E-state index contributed by atoms with van der Waals surface area (Å²) in [6.45, 7) is 16.0. The van der Waals surface area contributed by atoms with Crippen LogP contribution < -0.4 is 15.4 Å². The number of hydrogen-bond donors (Lipinski definition) is 3. The van der Waals surface area contributed by atoms with E-state index < -0.39 is 57.4 Å². The van der Waals surface area contributed by atoms with Gasteiger partial charge in [-0.25, -0.2) is 22.8 Å². The number of nitrogens with one attached hydrogen (secondary N) is 3. The summed E-state index contributed by atoms with van der Waals surface area (Å²) in [5.41, 5.74) is 0.895. The topological polar surface area (TPSA) is 185 Å². The van der Waals surface area contributed by atoms with E-state index in [1.807, 2.05) is 13.0 Å². The average Bonchev–Trinajstić information content (AvgIpc) is 3.05. The quantitative estimate of drug-likeness (QED) is 0.114. The molecule has 0 saturated carbocycles. The number of rotatable bonds is 8. The Morgan fingerprint density at radius 3 is 2.43 bits per heavy atom. The molecule has 16 heteroatoms. The van der Waals surface area contributed by atoms with Crippen molar-refractivity contribution in [1.29, 1.82) is 0 Å². The smallest absolute Gasteiger partial charge is 0.437 e. The predicted octanol–water partition coefficient (Wildman–Crippen LogP) is 4.01. The van der Waals surface area contributed by atoms with Gasteiger partial charge in [-0.1, -0.05) is 24.6 Å². The lowest BCUT2D eigenvalue weighted by molar-refractivity contribution is -0.158. The van der Waals surface area contributed by atoms with E-state index in [1.165, 1.54) is 4.90 Å². The largest absolute Gasteiger partial charge is 0.464 e. The van der Waals surface area contributed by atoms with Gasteiger partial charge in [-0.2, -0.15) is 4.72 Å². The van der Waals surface area contributed by atoms with Crippen molar-refractivity contribution in [2.24, 2.45) is 10.9 Å². The zero-order valence-corrected chi connectivity index (χ0v) is 33.1. The lowest BCUT2D eigenvalue weighted by atomic mass is 9.91. The van der Waals surface area contributed by atoms with Crippen LogP contribution in [0.4, 0.5) is 9.59 Å². The number of carbonyl (C=O) groups is 4. The number of sulfonamides is 1. The van der Waals surface area contributed by atoms with Crippen LogP contribution in [0, 0.1) is 5.92 Å². The molecule has 3 atom stereocenters. The third-order valence-corrected chi connectivity index (χ3v) is 10.3. The number of amides is 3. The SMILES string of the molecule is CCOC(=O)[C@H]1C[C@H](C)CCN1C(=O)[C@H](CC1=CCCN(C(=NC(=O)OC(C)(C)C)NC(=O)OC(C)(C)C)C1)NS(=O)(=O)c1ccc2c(c1)CNCC2. The molecule has 294 valence electrons. The second-order valence-electron chi connectivity index (χ2n) is 15.8. The van der Waals surface area contributed by atoms with Crippen molar-refractivity contribution in [1.82, 2.24) is 25.2 Å². The van der Waals surface area contributed by atoms with Gasteiger partial charge in [0.2, 0.25) is 21.9 Å². The monoisotopic (exact) mass is 760 g/mol. The third-order valence-electron chi connectivity index (χ3n) is 8.87. The molecular weight excluding hydrogens is 705 g/mol. The summed E-state index contributed by atoms with van der Waals surface area (Å²) >= 11 is 0. The molecule has 1 saturated heterocycles. The fourth-order valence-electron chi connectivity index (χ4n) is 6.47. The van der Waals surface area contributed by atoms with Gasteiger partial charge >= 0.3 is 18.2 Å². The minimum absolute atomic E-state index is 0.0274. The number of hydrogen-bond acceptors (Lipinski definition) is 10. The number of carbonyl (C=O) groups excluding carboxylic acids is 4. The fourth-order valence-corrected chi connectivity index (χ4v) is 7.71. The number of ether oxygens (including phenoxy) is 3. The zero-order valence-electron chi connectivity index (χ0n) is 32.2. The van der Waals surface area contributed by atoms with E-state index in [0.717, 1.165) is 24.1 Å². The van der Waals surface area contributed by atoms with E-state index in [9.17, 15) is 27.6 Å². The average molecular weight is 761 g/mol. The second-order valence-corrected chi connectivity index (χ2v) is 17.5. The minimum atomic E-state index is -4.22. The summed E-state index contributed by atoms with van der Waals surface area (Å²) in [5, 5.41) is 5.83. The van der Waals surface area contributed by atoms with Gasteiger partial charge in [0.25, 0.3) is 0 Å². The van der Waals surface area contributed by atoms with Crippen LogP contribution in [0.25, 0.3) is 0 Å². The first-order chi connectivity index (χ1) is 24.7. The summed E-state index contributed by atoms with van der Waals surface area (Å²) in [6, 6.07) is 2.81. The van der Waals surface area contributed by atoms with Crippen LogP contribution in [0.15, 0.2) is 39.7 Å². The highest BCUT2D eigenvalue weighted by Gasteiger charge is 2.40. The standard InChI is InChI=1S/C37H56N6O9S/c1-9-50-32(45)30-19-24(2)15-18-43(30)31(44)29(41-53(48,49)28-13-12-26-14-16-38-22-27(26)21-28)20-25-11-10-17-42(23-25)33(39-34(46)51-36(3,4)5)40-35(47)52-37(6,7)8/h11-13,21,24,29-30,38,41H,9-10,14-20,22-23H2,1-8H3,(H,39,40,46,47)/t24-,29+,30-/m1/s1. The molecule has 1 fully saturated rings. The molecule has 0 unspecified atom stereocenters. The van der Waals surface area contributed by atoms with Crippen molar-refractivity contribution in [3.63, 3.8) is 0 Å². The molecule has 15 nitrogen and oxygen atoms in total. The summed E-state index contributed by atoms with van der Waals surface area (Å²) in [6.07, 6.45) is 2.31. The van der Waals surface area contributed by atoms with Crippen LogP contribution in [0.1, 0.15) is 92.2 Å². The Bertz CT molecular complexity index is 1700. The molecule has 3 aliphatic rings. The van der Waals surface area contributed by atoms with Crippen molar-refractivity contribution in [2.45, 2.75) is 122 Å². The first-order valence-corrected chi connectivity index (χ1v) is 19.8. The van der Waals surface area contributed by atoms with Gasteiger partial charge in [0.15, 0.2) is 0 Å². The van der Waals surface area contributed by atoms with Crippen LogP contribution in [0.5, 0.6) is 0 Å². The van der Waals surface area contributed by atoms with E-state index in [4.69, 9.17) is 14.2 Å². The maximum atomic E-state index is 14.5. The van der Waals surface area contributed by atoms with Crippen molar-refractivity contribution in [3.05, 3.63) is 41.0 Å². The molecule has 0 aromatic heterocycles. The van der Waals surface area contributed by atoms with Crippen LogP contribution in [-0.2, 0) is 46.8 Å². The Hall–Kier alpha value is -4.02. The summed E-state index contributed by atoms with van der Waals surface area (Å²) in [5.74, 6) is -1.04. The minimum Gasteiger partial charge on any atom is -0.464 e. The Morgan fingerprint density at radius 2 is 1.75 bits per heavy atom. The lowest BCUT2D eigenvalue weighted by Gasteiger charge is -2.39. The first kappa shape index (κ1) is 41.7. The maximum absolute atomic E-state index is 14.5. The molecule has 1 aromatic carbocycles. The normalized spacial score (nSPS) is 20.5. The number of benzene rings is 1. The van der Waals surface area contributed by atoms with Gasteiger partial charge in [0, 0.05) is 26.2 Å². The number of aliphatic imine (C=N–C) groups is 1. The number of fused-ring (bicyclic) bond motifs is 1. The number of guanidine groups is 1. The Labute approximate surface area is 313 Å². The Balaban J connectivity index is 1.66. The van der Waals surface area contributed by atoms with Gasteiger partial charge in [-0.3, -0.25) is 10.1 Å². The highest BCUT2D eigenvalue weighted by molar-refractivity contribution is 7.89. The van der Waals surface area contributed by atoms with Crippen molar-refractivity contribution in [3.8, 4) is 0 Å². The summed E-state index contributed by atoms with van der Waals surface area (Å²) in [4.78, 5) is 60.5. The maximum Gasteiger partial charge on any atom is 0.437 e. The van der Waals surface area contributed by atoms with Gasteiger partial charge < -0.3 is 29.3 Å². The van der Waals surface area contributed by atoms with Gasteiger partial charge in [-0.15, -0.1) is 4.99 Å². The predicted molar refractivity (Wildman–Crippen MR) is 198 cm³/mol. The molecule has 0 radical (unpaired) electrons. The highest BCUT2D eigenvalue weighted by atomic mass is 32.2. The molecular formula is C37H56N6O9S. The molecule has 3 N–H and O–H groups in total. The first-order valence-electron chi connectivity index (χ1n) is 18.3. The van der Waals surface area contributed by atoms with Crippen molar-refractivity contribution < 1.29 is 41.8 Å². The molecule has 1 aromatic rings. The number of piperidine rings is 1. The van der Waals surface area contributed by atoms with E-state index in [0.29, 0.717) is 37.9 Å². The fraction of sp³-hybridized carbons (Fsp3) is 0.649. The second kappa shape index (κ2) is 17.4. The lowest BCUT2D eigenvalue weighted by Crippen LogP contribution is -2.57. The van der Waals surface area contributed by atoms with Crippen LogP contribution in [0.3, 0.4) is 0 Å². The van der Waals surface area contributed by atoms with Crippen molar-refractivity contribution in [2.75, 3.05) is 32.8 Å². The van der Waals surface area contributed by atoms with E-state index in [1.54, 1.807) is 71.6 Å². The molecule has 0 spiro atoms. The Morgan fingerprint density at radius 1 is 1.04 bits per heavy atom. The molecule has 4 rings (SSSR count). The van der Waals surface area contributed by atoms with Crippen molar-refractivity contribution >= 4 is 40.0 Å². The van der Waals surface area contributed by atoms with E-state index in [2.05, 4.69) is 20.3 Å². The van der Waals surface area contributed by atoms with Crippen LogP contribution in [0.2, 0.25) is 0 Å². The number of nitrogens with zero attached hydrogens (tertiary/aromatic N) is 3. The molecule has 0 bridgehead atoms. The summed E-state index contributed by atoms with van der Waals surface area (Å²) < 4.78 is 46.9. The molecule has 3 aliphatic heterocycles.